The summed E-state index contributed by atoms with van der Waals surface area (Å²) in [4.78, 5) is 60.9. The maximum atomic E-state index is 13.0. The summed E-state index contributed by atoms with van der Waals surface area (Å²) in [5, 5.41) is 2.48. The summed E-state index contributed by atoms with van der Waals surface area (Å²) < 4.78 is 49.2. The van der Waals surface area contributed by atoms with Gasteiger partial charge in [-0.25, -0.2) is 4.98 Å². The van der Waals surface area contributed by atoms with E-state index in [0.29, 0.717) is 25.2 Å². The molecule has 11 nitrogen and oxygen atoms in total. The summed E-state index contributed by atoms with van der Waals surface area (Å²) >= 11 is 0. The Kier molecular flexibility index (Phi) is 11.0. The van der Waals surface area contributed by atoms with Crippen molar-refractivity contribution in [1.29, 1.82) is 0 Å². The van der Waals surface area contributed by atoms with Crippen LogP contribution >= 0.6 is 0 Å². The average Bonchev–Trinajstić information content (AvgIpc) is 3.00. The average molecular weight is 614 g/mol. The van der Waals surface area contributed by atoms with Crippen LogP contribution < -0.4 is 10.1 Å². The Bertz CT molecular complexity index is 1440. The van der Waals surface area contributed by atoms with E-state index in [2.05, 4.69) is 15.3 Å². The lowest BCUT2D eigenvalue weighted by Gasteiger charge is -2.34. The Morgan fingerprint density at radius 1 is 0.955 bits per heavy atom. The first-order valence-corrected chi connectivity index (χ1v) is 13.7. The number of piperazine rings is 1. The van der Waals surface area contributed by atoms with Gasteiger partial charge in [0, 0.05) is 31.9 Å². The summed E-state index contributed by atoms with van der Waals surface area (Å²) in [6.45, 7) is 0.136. The quantitative estimate of drug-likeness (QED) is 0.289. The normalized spacial score (nSPS) is 14.5. The molecule has 232 valence electrons. The van der Waals surface area contributed by atoms with Crippen LogP contribution in [0.4, 0.5) is 13.2 Å². The van der Waals surface area contributed by atoms with Gasteiger partial charge in [-0.2, -0.15) is 18.2 Å². The van der Waals surface area contributed by atoms with Gasteiger partial charge in [0.25, 0.3) is 0 Å². The molecule has 0 radical (unpaired) electrons. The molecule has 0 aliphatic carbocycles. The summed E-state index contributed by atoms with van der Waals surface area (Å²) in [6, 6.07) is 17.9. The lowest BCUT2D eigenvalue weighted by Crippen LogP contribution is -2.54. The molecule has 0 saturated carbocycles. The van der Waals surface area contributed by atoms with Crippen LogP contribution in [0.1, 0.15) is 23.4 Å². The molecule has 3 aromatic rings. The number of aromatic nitrogens is 2. The minimum absolute atomic E-state index is 0.0175. The second kappa shape index (κ2) is 15.0. The predicted octanol–water partition coefficient (Wildman–Crippen LogP) is 2.41. The van der Waals surface area contributed by atoms with E-state index < -0.39 is 54.6 Å². The topological polar surface area (TPSA) is 131 Å². The minimum atomic E-state index is -4.82. The highest BCUT2D eigenvalue weighted by Gasteiger charge is 2.35. The van der Waals surface area contributed by atoms with Crippen LogP contribution in [0.2, 0.25) is 0 Å². The summed E-state index contributed by atoms with van der Waals surface area (Å²) in [5.74, 6) is -4.35. The minimum Gasteiger partial charge on any atom is -0.469 e. The number of alkyl halides is 3. The van der Waals surface area contributed by atoms with E-state index in [9.17, 15) is 32.3 Å². The van der Waals surface area contributed by atoms with Gasteiger partial charge in [-0.1, -0.05) is 60.7 Å². The van der Waals surface area contributed by atoms with Crippen molar-refractivity contribution in [3.8, 4) is 5.88 Å². The van der Waals surface area contributed by atoms with Crippen molar-refractivity contribution >= 4 is 23.6 Å². The van der Waals surface area contributed by atoms with Gasteiger partial charge in [-0.3, -0.25) is 24.1 Å². The van der Waals surface area contributed by atoms with Crippen LogP contribution in [0.25, 0.3) is 0 Å². The molecule has 2 amide bonds. The number of hydrogen-bond donors (Lipinski definition) is 1. The molecule has 1 N–H and O–H groups in total. The first kappa shape index (κ1) is 32.1. The molecule has 14 heteroatoms. The summed E-state index contributed by atoms with van der Waals surface area (Å²) in [7, 11) is 0. The van der Waals surface area contributed by atoms with Crippen LogP contribution in [-0.4, -0.2) is 82.2 Å². The first-order chi connectivity index (χ1) is 21.1. The summed E-state index contributed by atoms with van der Waals surface area (Å²) in [5.41, 5.74) is 1.68. The van der Waals surface area contributed by atoms with Crippen LogP contribution in [0, 0.1) is 0 Å². The lowest BCUT2D eigenvalue weighted by atomic mass is 10.1. The number of amides is 2. The van der Waals surface area contributed by atoms with Crippen molar-refractivity contribution in [2.75, 3.05) is 32.8 Å². The number of rotatable bonds is 13. The van der Waals surface area contributed by atoms with Crippen molar-refractivity contribution < 1.29 is 41.8 Å². The number of nitrogens with zero attached hydrogens (tertiary/aromatic N) is 4. The SMILES string of the molecule is O=C(CN1CCN(Cc2ccccc2)C(=O)C1)N[C@@H](CC(=O)OCc1ccccc1)C(=O)COc1ccnc(C(F)(F)F)n1. The van der Waals surface area contributed by atoms with Crippen LogP contribution in [0.5, 0.6) is 5.88 Å². The number of esters is 1. The zero-order valence-electron chi connectivity index (χ0n) is 23.5. The molecule has 1 fully saturated rings. The molecular weight excluding hydrogens is 583 g/mol. The monoisotopic (exact) mass is 613 g/mol. The van der Waals surface area contributed by atoms with Crippen LogP contribution in [-0.2, 0) is 43.2 Å². The standard InChI is InChI=1S/C30H30F3N5O6/c31-30(32,33)29-34-12-11-26(36-29)43-20-24(39)23(15-28(42)44-19-22-9-5-2-6-10-22)35-25(40)17-37-13-14-38(27(41)18-37)16-21-7-3-1-4-8-21/h1-12,23H,13-20H2,(H,35,40)/t23-/m0/s1. The molecule has 1 atom stereocenters. The number of benzene rings is 2. The van der Waals surface area contributed by atoms with Crippen molar-refractivity contribution in [2.45, 2.75) is 31.8 Å². The zero-order chi connectivity index (χ0) is 31.5. The number of Topliss-reactive ketones (excluding diaryl/α,β-unsaturated/α-hetero) is 1. The fourth-order valence-electron chi connectivity index (χ4n) is 4.32. The van der Waals surface area contributed by atoms with Crippen molar-refractivity contribution in [3.05, 3.63) is 89.9 Å². The number of nitrogens with one attached hydrogen (secondary N) is 1. The first-order valence-electron chi connectivity index (χ1n) is 13.7. The highest BCUT2D eigenvalue weighted by molar-refractivity contribution is 5.93. The third kappa shape index (κ3) is 9.87. The largest absolute Gasteiger partial charge is 0.469 e. The van der Waals surface area contributed by atoms with Gasteiger partial charge in [0.1, 0.15) is 12.6 Å². The molecular formula is C30H30F3N5O6. The second-order valence-corrected chi connectivity index (χ2v) is 9.95. The van der Waals surface area contributed by atoms with Gasteiger partial charge in [-0.15, -0.1) is 0 Å². The van der Waals surface area contributed by atoms with Gasteiger partial charge in [0.2, 0.25) is 23.5 Å². The molecule has 0 unspecified atom stereocenters. The van der Waals surface area contributed by atoms with Gasteiger partial charge in [0.05, 0.1) is 19.5 Å². The van der Waals surface area contributed by atoms with E-state index in [1.165, 1.54) is 0 Å². The molecule has 4 rings (SSSR count). The number of ether oxygens (including phenoxy) is 2. The molecule has 1 aliphatic heterocycles. The number of halogens is 3. The fourth-order valence-corrected chi connectivity index (χ4v) is 4.32. The maximum absolute atomic E-state index is 13.0. The third-order valence-corrected chi connectivity index (χ3v) is 6.56. The van der Waals surface area contributed by atoms with Crippen molar-refractivity contribution in [2.24, 2.45) is 0 Å². The van der Waals surface area contributed by atoms with E-state index in [1.54, 1.807) is 40.1 Å². The molecule has 2 aromatic carbocycles. The van der Waals surface area contributed by atoms with E-state index in [-0.39, 0.29) is 25.6 Å². The van der Waals surface area contributed by atoms with Gasteiger partial charge in [0.15, 0.2) is 12.4 Å². The van der Waals surface area contributed by atoms with E-state index in [4.69, 9.17) is 9.47 Å². The molecule has 1 saturated heterocycles. The highest BCUT2D eigenvalue weighted by atomic mass is 19.4. The predicted molar refractivity (Wildman–Crippen MR) is 149 cm³/mol. The molecule has 1 aromatic heterocycles. The Morgan fingerprint density at radius 3 is 2.30 bits per heavy atom. The molecule has 2 heterocycles. The second-order valence-electron chi connectivity index (χ2n) is 9.95. The number of carbonyl (C=O) groups is 4. The highest BCUT2D eigenvalue weighted by Crippen LogP contribution is 2.26. The lowest BCUT2D eigenvalue weighted by molar-refractivity contribution is -0.148. The van der Waals surface area contributed by atoms with Crippen LogP contribution in [0.15, 0.2) is 72.9 Å². The van der Waals surface area contributed by atoms with Crippen molar-refractivity contribution in [1.82, 2.24) is 25.1 Å². The Hall–Kier alpha value is -4.85. The van der Waals surface area contributed by atoms with E-state index >= 15 is 0 Å². The molecule has 44 heavy (non-hydrogen) atoms. The summed E-state index contributed by atoms with van der Waals surface area (Å²) in [6.07, 6.45) is -4.55. The Balaban J connectivity index is 1.35. The number of ketones is 1. The zero-order valence-corrected chi connectivity index (χ0v) is 23.5. The number of hydrogen-bond acceptors (Lipinski definition) is 9. The number of carbonyl (C=O) groups excluding carboxylic acids is 4. The van der Waals surface area contributed by atoms with Crippen LogP contribution in [0.3, 0.4) is 0 Å². The van der Waals surface area contributed by atoms with Crippen molar-refractivity contribution in [3.63, 3.8) is 0 Å². The molecule has 1 aliphatic rings. The molecule has 0 bridgehead atoms. The Morgan fingerprint density at radius 2 is 1.64 bits per heavy atom. The Labute approximate surface area is 251 Å². The van der Waals surface area contributed by atoms with Gasteiger partial charge < -0.3 is 19.7 Å². The van der Waals surface area contributed by atoms with Gasteiger partial charge in [-0.05, 0) is 11.1 Å². The maximum Gasteiger partial charge on any atom is 0.451 e. The van der Waals surface area contributed by atoms with Gasteiger partial charge >= 0.3 is 12.1 Å². The fraction of sp³-hybridized carbons (Fsp3) is 0.333. The third-order valence-electron chi connectivity index (χ3n) is 6.56. The smallest absolute Gasteiger partial charge is 0.451 e. The van der Waals surface area contributed by atoms with E-state index in [1.807, 2.05) is 30.3 Å². The molecule has 0 spiro atoms. The van der Waals surface area contributed by atoms with E-state index in [0.717, 1.165) is 17.8 Å².